The molecule has 4 heteroatoms. The average molecular weight is 244 g/mol. The Bertz CT molecular complexity index is 462. The summed E-state index contributed by atoms with van der Waals surface area (Å²) in [6, 6.07) is 4.09. The maximum atomic E-state index is 4.34. The molecule has 0 bridgehead atoms. The first-order valence-electron chi connectivity index (χ1n) is 6.39. The van der Waals surface area contributed by atoms with E-state index in [1.807, 2.05) is 36.9 Å². The van der Waals surface area contributed by atoms with E-state index in [4.69, 9.17) is 0 Å². The molecule has 0 aliphatic heterocycles. The fraction of sp³-hybridized carbons (Fsp3) is 0.429. The molecule has 2 rings (SSSR count). The van der Waals surface area contributed by atoms with Crippen molar-refractivity contribution in [1.82, 2.24) is 14.5 Å². The molecule has 4 nitrogen and oxygen atoms in total. The van der Waals surface area contributed by atoms with Gasteiger partial charge in [-0.15, -0.1) is 0 Å². The third-order valence-electron chi connectivity index (χ3n) is 2.72. The number of nitrogens with one attached hydrogen (secondary N) is 1. The minimum atomic E-state index is 0.625. The van der Waals surface area contributed by atoms with Gasteiger partial charge in [-0.25, -0.2) is 4.98 Å². The number of imidazole rings is 1. The van der Waals surface area contributed by atoms with Gasteiger partial charge in [0, 0.05) is 37.9 Å². The lowest BCUT2D eigenvalue weighted by molar-refractivity contribution is 0.526. The van der Waals surface area contributed by atoms with Crippen LogP contribution in [0.15, 0.2) is 36.9 Å². The van der Waals surface area contributed by atoms with Gasteiger partial charge in [0.15, 0.2) is 0 Å². The number of hydrogen-bond acceptors (Lipinski definition) is 3. The molecule has 0 spiro atoms. The first kappa shape index (κ1) is 12.6. The monoisotopic (exact) mass is 244 g/mol. The zero-order valence-corrected chi connectivity index (χ0v) is 11.0. The van der Waals surface area contributed by atoms with Crippen LogP contribution in [0, 0.1) is 5.92 Å². The number of anilines is 1. The summed E-state index contributed by atoms with van der Waals surface area (Å²) in [4.78, 5) is 8.35. The minimum Gasteiger partial charge on any atom is -0.355 e. The highest BCUT2D eigenvalue weighted by atomic mass is 15.2. The normalized spacial score (nSPS) is 10.8. The summed E-state index contributed by atoms with van der Waals surface area (Å²) >= 11 is 0. The van der Waals surface area contributed by atoms with Crippen LogP contribution in [0.4, 0.5) is 5.95 Å². The Hall–Kier alpha value is -1.84. The SMILES string of the molecule is CC(C)Cn1ccnc1NCCc1ccncc1. The topological polar surface area (TPSA) is 42.7 Å². The lowest BCUT2D eigenvalue weighted by Crippen LogP contribution is -2.12. The van der Waals surface area contributed by atoms with E-state index in [0.717, 1.165) is 25.5 Å². The molecule has 0 saturated heterocycles. The summed E-state index contributed by atoms with van der Waals surface area (Å²) in [5.74, 6) is 1.58. The number of pyridine rings is 1. The van der Waals surface area contributed by atoms with Crippen molar-refractivity contribution < 1.29 is 0 Å². The van der Waals surface area contributed by atoms with Crippen LogP contribution in [-0.2, 0) is 13.0 Å². The van der Waals surface area contributed by atoms with E-state index in [9.17, 15) is 0 Å². The Morgan fingerprint density at radius 1 is 1.22 bits per heavy atom. The second-order valence-electron chi connectivity index (χ2n) is 4.83. The van der Waals surface area contributed by atoms with Gasteiger partial charge in [-0.2, -0.15) is 0 Å². The number of aromatic nitrogens is 3. The van der Waals surface area contributed by atoms with E-state index in [1.165, 1.54) is 5.56 Å². The van der Waals surface area contributed by atoms with Crippen molar-refractivity contribution >= 4 is 5.95 Å². The quantitative estimate of drug-likeness (QED) is 0.849. The third kappa shape index (κ3) is 3.58. The van der Waals surface area contributed by atoms with Gasteiger partial charge in [0.2, 0.25) is 5.95 Å². The van der Waals surface area contributed by atoms with Crippen molar-refractivity contribution in [3.63, 3.8) is 0 Å². The van der Waals surface area contributed by atoms with Crippen LogP contribution in [0.5, 0.6) is 0 Å². The molecule has 0 fully saturated rings. The summed E-state index contributed by atoms with van der Waals surface area (Å²) in [5, 5.41) is 3.38. The van der Waals surface area contributed by atoms with Crippen LogP contribution in [0.25, 0.3) is 0 Å². The molecule has 18 heavy (non-hydrogen) atoms. The summed E-state index contributed by atoms with van der Waals surface area (Å²) in [7, 11) is 0. The summed E-state index contributed by atoms with van der Waals surface area (Å²) in [6.07, 6.45) is 8.51. The van der Waals surface area contributed by atoms with E-state index in [2.05, 4.69) is 33.7 Å². The number of hydrogen-bond donors (Lipinski definition) is 1. The summed E-state index contributed by atoms with van der Waals surface area (Å²) in [5.41, 5.74) is 1.29. The maximum Gasteiger partial charge on any atom is 0.202 e. The first-order chi connectivity index (χ1) is 8.75. The predicted octanol–water partition coefficient (Wildman–Crippen LogP) is 2.59. The smallest absolute Gasteiger partial charge is 0.202 e. The molecule has 0 aliphatic carbocycles. The van der Waals surface area contributed by atoms with Crippen molar-refractivity contribution in [3.8, 4) is 0 Å². The maximum absolute atomic E-state index is 4.34. The molecule has 0 aromatic carbocycles. The predicted molar refractivity (Wildman–Crippen MR) is 73.5 cm³/mol. The molecule has 2 aromatic rings. The van der Waals surface area contributed by atoms with Crippen LogP contribution in [0.1, 0.15) is 19.4 Å². The molecule has 0 radical (unpaired) electrons. The Balaban J connectivity index is 1.85. The van der Waals surface area contributed by atoms with Crippen molar-refractivity contribution in [2.24, 2.45) is 5.92 Å². The van der Waals surface area contributed by atoms with E-state index in [1.54, 1.807) is 0 Å². The van der Waals surface area contributed by atoms with Gasteiger partial charge in [0.1, 0.15) is 0 Å². The van der Waals surface area contributed by atoms with Gasteiger partial charge >= 0.3 is 0 Å². The average Bonchev–Trinajstić information content (AvgIpc) is 2.77. The standard InChI is InChI=1S/C14H20N4/c1-12(2)11-18-10-9-17-14(18)16-8-5-13-3-6-15-7-4-13/h3-4,6-7,9-10,12H,5,8,11H2,1-2H3,(H,16,17). The number of rotatable bonds is 6. The van der Waals surface area contributed by atoms with Gasteiger partial charge in [0.25, 0.3) is 0 Å². The molecule has 0 saturated carbocycles. The van der Waals surface area contributed by atoms with E-state index >= 15 is 0 Å². The van der Waals surface area contributed by atoms with Gasteiger partial charge in [-0.1, -0.05) is 13.8 Å². The first-order valence-corrected chi connectivity index (χ1v) is 6.39. The zero-order valence-electron chi connectivity index (χ0n) is 11.0. The lowest BCUT2D eigenvalue weighted by atomic mass is 10.2. The molecule has 2 heterocycles. The van der Waals surface area contributed by atoms with Gasteiger partial charge in [-0.3, -0.25) is 4.98 Å². The molecule has 96 valence electrons. The van der Waals surface area contributed by atoms with E-state index < -0.39 is 0 Å². The molecule has 0 unspecified atom stereocenters. The fourth-order valence-electron chi connectivity index (χ4n) is 1.89. The Morgan fingerprint density at radius 2 is 2.00 bits per heavy atom. The second-order valence-corrected chi connectivity index (χ2v) is 4.83. The second kappa shape index (κ2) is 6.19. The van der Waals surface area contributed by atoms with Gasteiger partial charge in [0.05, 0.1) is 0 Å². The van der Waals surface area contributed by atoms with Crippen molar-refractivity contribution in [2.75, 3.05) is 11.9 Å². The van der Waals surface area contributed by atoms with Crippen LogP contribution in [-0.4, -0.2) is 21.1 Å². The largest absolute Gasteiger partial charge is 0.355 e. The number of nitrogens with zero attached hydrogens (tertiary/aromatic N) is 3. The Labute approximate surface area is 108 Å². The molecule has 0 aliphatic rings. The molecular weight excluding hydrogens is 224 g/mol. The van der Waals surface area contributed by atoms with E-state index in [-0.39, 0.29) is 0 Å². The summed E-state index contributed by atoms with van der Waals surface area (Å²) < 4.78 is 2.16. The molecule has 1 N–H and O–H groups in total. The zero-order chi connectivity index (χ0) is 12.8. The van der Waals surface area contributed by atoms with Gasteiger partial charge < -0.3 is 9.88 Å². The van der Waals surface area contributed by atoms with Crippen LogP contribution in [0.3, 0.4) is 0 Å². The Kier molecular flexibility index (Phi) is 4.34. The highest BCUT2D eigenvalue weighted by Crippen LogP contribution is 2.08. The highest BCUT2D eigenvalue weighted by Gasteiger charge is 2.03. The molecule has 2 aromatic heterocycles. The lowest BCUT2D eigenvalue weighted by Gasteiger charge is -2.11. The van der Waals surface area contributed by atoms with E-state index in [0.29, 0.717) is 5.92 Å². The molecule has 0 atom stereocenters. The van der Waals surface area contributed by atoms with Crippen molar-refractivity contribution in [2.45, 2.75) is 26.8 Å². The van der Waals surface area contributed by atoms with Gasteiger partial charge in [-0.05, 0) is 30.0 Å². The highest BCUT2D eigenvalue weighted by molar-refractivity contribution is 5.26. The van der Waals surface area contributed by atoms with Crippen LogP contribution in [0.2, 0.25) is 0 Å². The minimum absolute atomic E-state index is 0.625. The molecular formula is C14H20N4. The summed E-state index contributed by atoms with van der Waals surface area (Å²) in [6.45, 7) is 6.30. The molecule has 0 amide bonds. The third-order valence-corrected chi connectivity index (χ3v) is 2.72. The van der Waals surface area contributed by atoms with Crippen LogP contribution < -0.4 is 5.32 Å². The Morgan fingerprint density at radius 3 is 2.72 bits per heavy atom. The fourth-order valence-corrected chi connectivity index (χ4v) is 1.89. The van der Waals surface area contributed by atoms with Crippen molar-refractivity contribution in [1.29, 1.82) is 0 Å². The van der Waals surface area contributed by atoms with Crippen LogP contribution >= 0.6 is 0 Å². The van der Waals surface area contributed by atoms with Crippen molar-refractivity contribution in [3.05, 3.63) is 42.5 Å².